The monoisotopic (exact) mass is 366 g/mol. The van der Waals surface area contributed by atoms with Gasteiger partial charge in [0.25, 0.3) is 5.91 Å². The van der Waals surface area contributed by atoms with Crippen LogP contribution in [0.3, 0.4) is 0 Å². The van der Waals surface area contributed by atoms with Crippen molar-refractivity contribution in [2.75, 3.05) is 33.2 Å². The van der Waals surface area contributed by atoms with Crippen LogP contribution in [-0.4, -0.2) is 44.9 Å². The van der Waals surface area contributed by atoms with Crippen molar-refractivity contribution in [3.05, 3.63) is 29.5 Å². The zero-order chi connectivity index (χ0) is 18.2. The number of anilines is 1. The van der Waals surface area contributed by atoms with Crippen LogP contribution in [0.4, 0.5) is 5.69 Å². The second-order valence-corrected chi connectivity index (χ2v) is 8.34. The predicted octanol–water partition coefficient (Wildman–Crippen LogP) is 2.47. The van der Waals surface area contributed by atoms with E-state index >= 15 is 0 Å². The third-order valence-corrected chi connectivity index (χ3v) is 6.51. The van der Waals surface area contributed by atoms with Crippen LogP contribution in [0.25, 0.3) is 5.57 Å². The summed E-state index contributed by atoms with van der Waals surface area (Å²) in [6.07, 6.45) is 3.63. The van der Waals surface area contributed by atoms with Gasteiger partial charge >= 0.3 is 7.60 Å². The predicted molar refractivity (Wildman–Crippen MR) is 95.8 cm³/mol. The number of nitrogens with one attached hydrogen (secondary N) is 1. The van der Waals surface area contributed by atoms with E-state index < -0.39 is 7.60 Å². The summed E-state index contributed by atoms with van der Waals surface area (Å²) in [6, 6.07) is 3.60. The first-order chi connectivity index (χ1) is 11.9. The van der Waals surface area contributed by atoms with Gasteiger partial charge < -0.3 is 24.0 Å². The van der Waals surface area contributed by atoms with Gasteiger partial charge in [-0.2, -0.15) is 0 Å². The van der Waals surface area contributed by atoms with Crippen LogP contribution < -0.4 is 10.6 Å². The number of methoxy groups -OCH3 is 1. The number of carbonyl (C=O) groups excluding carboxylic acids is 1. The topological polar surface area (TPSA) is 77.1 Å². The number of amides is 1. The van der Waals surface area contributed by atoms with E-state index in [9.17, 15) is 9.36 Å². The van der Waals surface area contributed by atoms with Gasteiger partial charge in [-0.15, -0.1) is 0 Å². The van der Waals surface area contributed by atoms with E-state index in [4.69, 9.17) is 13.8 Å². The van der Waals surface area contributed by atoms with Crippen molar-refractivity contribution in [3.8, 4) is 0 Å². The number of fused-ring (bicyclic) bond motifs is 1. The quantitative estimate of drug-likeness (QED) is 0.637. The third-order valence-electron chi connectivity index (χ3n) is 4.60. The second-order valence-electron chi connectivity index (χ2n) is 6.14. The molecular formula is C17H23N2O5P. The lowest BCUT2D eigenvalue weighted by Crippen LogP contribution is -2.26. The lowest BCUT2D eigenvalue weighted by molar-refractivity contribution is -0.110. The minimum atomic E-state index is -3.52. The summed E-state index contributed by atoms with van der Waals surface area (Å²) < 4.78 is 28.8. The highest BCUT2D eigenvalue weighted by molar-refractivity contribution is 7.62. The molecule has 25 heavy (non-hydrogen) atoms. The van der Waals surface area contributed by atoms with Crippen molar-refractivity contribution in [2.24, 2.45) is 0 Å². The smallest absolute Gasteiger partial charge is 0.361 e. The molecule has 0 spiro atoms. The lowest BCUT2D eigenvalue weighted by Gasteiger charge is -2.22. The Balaban J connectivity index is 2.15. The van der Waals surface area contributed by atoms with E-state index in [-0.39, 0.29) is 12.1 Å². The molecule has 1 saturated heterocycles. The molecule has 1 amide bonds. The summed E-state index contributed by atoms with van der Waals surface area (Å²) in [6.45, 7) is 2.67. The van der Waals surface area contributed by atoms with Crippen LogP contribution in [0.15, 0.2) is 18.3 Å². The molecule has 1 aromatic rings. The van der Waals surface area contributed by atoms with Gasteiger partial charge in [0, 0.05) is 39.6 Å². The van der Waals surface area contributed by atoms with Crippen molar-refractivity contribution in [3.63, 3.8) is 0 Å². The van der Waals surface area contributed by atoms with Crippen molar-refractivity contribution >= 4 is 30.1 Å². The minimum absolute atomic E-state index is 0.0603. The average molecular weight is 366 g/mol. The van der Waals surface area contributed by atoms with Crippen LogP contribution in [0.5, 0.6) is 0 Å². The summed E-state index contributed by atoms with van der Waals surface area (Å²) in [4.78, 5) is 14.6. The molecule has 7 nitrogen and oxygen atoms in total. The Morgan fingerprint density at radius 1 is 1.28 bits per heavy atom. The van der Waals surface area contributed by atoms with Crippen molar-refractivity contribution in [1.29, 1.82) is 0 Å². The first-order valence-electron chi connectivity index (χ1n) is 8.12. The fourth-order valence-corrected chi connectivity index (χ4v) is 4.81. The number of hydrogen-bond donors (Lipinski definition) is 1. The molecule has 136 valence electrons. The van der Waals surface area contributed by atoms with E-state index in [1.165, 1.54) is 14.2 Å². The number of likely N-dealkylation sites (tertiary alicyclic amines) is 1. The summed E-state index contributed by atoms with van der Waals surface area (Å²) >= 11 is 0. The molecule has 0 aromatic heterocycles. The summed E-state index contributed by atoms with van der Waals surface area (Å²) in [5.74, 6) is -0.234. The second kappa shape index (κ2) is 6.92. The molecule has 0 bridgehead atoms. The number of benzene rings is 1. The highest BCUT2D eigenvalue weighted by Crippen LogP contribution is 2.49. The summed E-state index contributed by atoms with van der Waals surface area (Å²) in [5.41, 5.74) is 2.50. The van der Waals surface area contributed by atoms with Gasteiger partial charge in [-0.25, -0.2) is 0 Å². The zero-order valence-corrected chi connectivity index (χ0v) is 15.8. The Morgan fingerprint density at radius 3 is 2.64 bits per heavy atom. The molecule has 3 rings (SSSR count). The maximum atomic E-state index is 13.0. The highest BCUT2D eigenvalue weighted by atomic mass is 31.2. The standard InChI is InChI=1S/C17H23N2O5P/c1-11-8-13-16(14(9-11)25(21,23-3)24-4)12(17(20)18-13)10-19-7-5-6-15(19)22-2/h8-10,15H,5-7H2,1-4H3,(H,18,20)/b12-10+. The number of hydrogen-bond acceptors (Lipinski definition) is 6. The SMILES string of the molecule is COC1CCCN1/C=C1/C(=O)Nc2cc(C)cc(P(=O)(OC)OC)c21. The molecule has 1 N–H and O–H groups in total. The Morgan fingerprint density at radius 2 is 2.00 bits per heavy atom. The molecule has 1 unspecified atom stereocenters. The van der Waals surface area contributed by atoms with Crippen molar-refractivity contribution < 1.29 is 23.1 Å². The number of ether oxygens (including phenoxy) is 1. The largest absolute Gasteiger partial charge is 0.362 e. The summed E-state index contributed by atoms with van der Waals surface area (Å²) in [5, 5.41) is 3.24. The van der Waals surface area contributed by atoms with Gasteiger partial charge in [0.15, 0.2) is 0 Å². The van der Waals surface area contributed by atoms with Gasteiger partial charge in [-0.1, -0.05) is 0 Å². The number of rotatable bonds is 5. The molecule has 0 aliphatic carbocycles. The lowest BCUT2D eigenvalue weighted by atomic mass is 10.1. The zero-order valence-electron chi connectivity index (χ0n) is 14.9. The van der Waals surface area contributed by atoms with Gasteiger partial charge in [-0.3, -0.25) is 9.36 Å². The molecule has 8 heteroatoms. The maximum absolute atomic E-state index is 13.0. The van der Waals surface area contributed by atoms with E-state index in [0.717, 1.165) is 24.9 Å². The van der Waals surface area contributed by atoms with Gasteiger partial charge in [-0.05, 0) is 37.5 Å². The molecule has 1 fully saturated rings. The Kier molecular flexibility index (Phi) is 5.02. The van der Waals surface area contributed by atoms with Crippen LogP contribution in [0.2, 0.25) is 0 Å². The van der Waals surface area contributed by atoms with E-state index in [1.807, 2.05) is 17.9 Å². The van der Waals surface area contributed by atoms with Gasteiger partial charge in [0.05, 0.1) is 16.6 Å². The molecule has 0 saturated carbocycles. The normalized spacial score (nSPS) is 21.8. The average Bonchev–Trinajstić information content (AvgIpc) is 3.17. The van der Waals surface area contributed by atoms with Crippen molar-refractivity contribution in [2.45, 2.75) is 26.0 Å². The van der Waals surface area contributed by atoms with E-state index in [2.05, 4.69) is 5.32 Å². The van der Waals surface area contributed by atoms with Gasteiger partial charge in [0.2, 0.25) is 0 Å². The molecule has 1 atom stereocenters. The molecular weight excluding hydrogens is 343 g/mol. The highest BCUT2D eigenvalue weighted by Gasteiger charge is 2.37. The fraction of sp³-hybridized carbons (Fsp3) is 0.471. The molecule has 2 aliphatic heterocycles. The molecule has 1 aromatic carbocycles. The van der Waals surface area contributed by atoms with Crippen LogP contribution in [0.1, 0.15) is 24.0 Å². The third kappa shape index (κ3) is 3.13. The Labute approximate surface area is 147 Å². The van der Waals surface area contributed by atoms with Crippen molar-refractivity contribution in [1.82, 2.24) is 4.90 Å². The Hall–Kier alpha value is -1.66. The van der Waals surface area contributed by atoms with Gasteiger partial charge in [0.1, 0.15) is 6.23 Å². The van der Waals surface area contributed by atoms with Crippen LogP contribution in [-0.2, 0) is 23.1 Å². The molecule has 2 heterocycles. The number of aryl methyl sites for hydroxylation is 1. The first-order valence-corrected chi connectivity index (χ1v) is 9.66. The fourth-order valence-electron chi connectivity index (χ4n) is 3.39. The van der Waals surface area contributed by atoms with E-state index in [1.54, 1.807) is 19.4 Å². The molecule has 0 radical (unpaired) electrons. The number of nitrogens with zero attached hydrogens (tertiary/aromatic N) is 1. The number of carbonyl (C=O) groups is 1. The first kappa shape index (κ1) is 18.1. The maximum Gasteiger partial charge on any atom is 0.361 e. The van der Waals surface area contributed by atoms with Crippen LogP contribution in [0, 0.1) is 6.92 Å². The van der Waals surface area contributed by atoms with Crippen LogP contribution >= 0.6 is 7.60 Å². The molecule has 2 aliphatic rings. The summed E-state index contributed by atoms with van der Waals surface area (Å²) in [7, 11) is 0.823. The minimum Gasteiger partial charge on any atom is -0.362 e. The van der Waals surface area contributed by atoms with E-state index in [0.29, 0.717) is 22.1 Å². The Bertz CT molecular complexity index is 769.